The highest BCUT2D eigenvalue weighted by molar-refractivity contribution is 5.79. The molecule has 10 heteroatoms. The first kappa shape index (κ1) is 13.6. The molecular weight excluding hydrogens is 293 g/mol. The van der Waals surface area contributed by atoms with Gasteiger partial charge < -0.3 is 0 Å². The molecule has 0 fully saturated rings. The van der Waals surface area contributed by atoms with E-state index in [9.17, 15) is 39.6 Å². The number of alkyl halides is 2. The Hall–Kier alpha value is -1.87. The molecule has 1 aliphatic heterocycles. The number of nitrogens with zero attached hydrogens (tertiary/aromatic N) is 1. The van der Waals surface area contributed by atoms with Crippen LogP contribution in [0.15, 0.2) is 5.83 Å². The van der Waals surface area contributed by atoms with Crippen LogP contribution in [-0.2, 0) is 0 Å². The number of fused-ring (bicyclic) bond motifs is 1. The first-order valence-electron chi connectivity index (χ1n) is 4.38. The quantitative estimate of drug-likeness (QED) is 0.228. The van der Waals surface area contributed by atoms with Gasteiger partial charge in [0, 0.05) is 0 Å². The summed E-state index contributed by atoms with van der Waals surface area (Å²) in [7, 11) is 0. The smallest absolute Gasteiger partial charge is 0.203 e. The van der Waals surface area contributed by atoms with Crippen LogP contribution in [0, 0.1) is 23.3 Å². The van der Waals surface area contributed by atoms with Crippen LogP contribution in [0.2, 0.25) is 0 Å². The van der Waals surface area contributed by atoms with E-state index in [2.05, 4.69) is 0 Å². The number of halogens is 9. The molecule has 1 aliphatic rings. The molecule has 19 heavy (non-hydrogen) atoms. The third-order valence-electron chi connectivity index (χ3n) is 2.36. The summed E-state index contributed by atoms with van der Waals surface area (Å²) in [6, 6.07) is -5.31. The van der Waals surface area contributed by atoms with Gasteiger partial charge in [-0.25, -0.2) is 22.0 Å². The summed E-state index contributed by atoms with van der Waals surface area (Å²) in [5.41, 5.74) is -4.36. The molecular formula is C9F9N. The van der Waals surface area contributed by atoms with Crippen molar-refractivity contribution < 1.29 is 39.6 Å². The van der Waals surface area contributed by atoms with Gasteiger partial charge in [-0.05, 0) is 0 Å². The van der Waals surface area contributed by atoms with Gasteiger partial charge >= 0.3 is 6.05 Å². The van der Waals surface area contributed by atoms with Gasteiger partial charge in [0.25, 0.3) is 0 Å². The molecule has 0 saturated heterocycles. The van der Waals surface area contributed by atoms with Crippen molar-refractivity contribution in [3.63, 3.8) is 0 Å². The van der Waals surface area contributed by atoms with Crippen molar-refractivity contribution in [3.8, 4) is 0 Å². The second-order valence-electron chi connectivity index (χ2n) is 3.43. The van der Waals surface area contributed by atoms with E-state index in [1.54, 1.807) is 0 Å². The van der Waals surface area contributed by atoms with Crippen molar-refractivity contribution in [2.24, 2.45) is 0 Å². The third-order valence-corrected chi connectivity index (χ3v) is 2.36. The van der Waals surface area contributed by atoms with Crippen molar-refractivity contribution in [2.75, 3.05) is 5.12 Å². The average molecular weight is 293 g/mol. The standard InChI is InChI=1S/C9F9N/c10-2-1-3(11)8(15)9(16,17)19(18)7(1)6(14)5(13)4(2)12. The molecule has 0 spiro atoms. The molecule has 0 aromatic heterocycles. The number of anilines is 1. The van der Waals surface area contributed by atoms with Crippen molar-refractivity contribution in [1.82, 2.24) is 0 Å². The van der Waals surface area contributed by atoms with E-state index in [0.29, 0.717) is 0 Å². The zero-order chi connectivity index (χ0) is 14.7. The lowest BCUT2D eigenvalue weighted by atomic mass is 10.0. The van der Waals surface area contributed by atoms with Gasteiger partial charge in [0.1, 0.15) is 5.69 Å². The lowest BCUT2D eigenvalue weighted by Crippen LogP contribution is -2.40. The summed E-state index contributed by atoms with van der Waals surface area (Å²) < 4.78 is 116. The monoisotopic (exact) mass is 293 g/mol. The van der Waals surface area contributed by atoms with Crippen molar-refractivity contribution >= 4 is 11.5 Å². The summed E-state index contributed by atoms with van der Waals surface area (Å²) >= 11 is 0. The molecule has 0 bridgehead atoms. The largest absolute Gasteiger partial charge is 0.407 e. The van der Waals surface area contributed by atoms with Crippen LogP contribution in [0.25, 0.3) is 5.83 Å². The third kappa shape index (κ3) is 1.51. The van der Waals surface area contributed by atoms with E-state index in [-0.39, 0.29) is 0 Å². The molecule has 104 valence electrons. The first-order valence-corrected chi connectivity index (χ1v) is 4.38. The number of hydrogen-bond donors (Lipinski definition) is 0. The predicted molar refractivity (Wildman–Crippen MR) is 43.9 cm³/mol. The molecule has 1 aromatic rings. The lowest BCUT2D eigenvalue weighted by molar-refractivity contribution is -0.0278. The average Bonchev–Trinajstić information content (AvgIpc) is 2.36. The number of benzene rings is 1. The van der Waals surface area contributed by atoms with Crippen LogP contribution in [0.3, 0.4) is 0 Å². The topological polar surface area (TPSA) is 3.24 Å². The minimum Gasteiger partial charge on any atom is -0.203 e. The van der Waals surface area contributed by atoms with Crippen molar-refractivity contribution in [1.29, 1.82) is 0 Å². The second kappa shape index (κ2) is 3.81. The Kier molecular flexibility index (Phi) is 2.72. The first-order chi connectivity index (χ1) is 8.62. The highest BCUT2D eigenvalue weighted by Crippen LogP contribution is 2.49. The molecule has 2 rings (SSSR count). The summed E-state index contributed by atoms with van der Waals surface area (Å²) in [5.74, 6) is -16.2. The summed E-state index contributed by atoms with van der Waals surface area (Å²) in [6.45, 7) is 0. The van der Waals surface area contributed by atoms with Gasteiger partial charge in [0.05, 0.1) is 5.56 Å². The number of rotatable bonds is 0. The van der Waals surface area contributed by atoms with E-state index >= 15 is 0 Å². The molecule has 0 N–H and O–H groups in total. The molecule has 0 amide bonds. The van der Waals surface area contributed by atoms with Gasteiger partial charge in [-0.3, -0.25) is 0 Å². The van der Waals surface area contributed by atoms with Crippen LogP contribution in [0.5, 0.6) is 0 Å². The Labute approximate surface area is 98.0 Å². The normalized spacial score (nSPS) is 17.8. The van der Waals surface area contributed by atoms with Crippen LogP contribution in [-0.4, -0.2) is 6.05 Å². The van der Waals surface area contributed by atoms with E-state index in [0.717, 1.165) is 0 Å². The highest BCUT2D eigenvalue weighted by Gasteiger charge is 2.54. The SMILES string of the molecule is FC1=C(F)C(F)(F)N(F)c2c(F)c(F)c(F)c(F)c21. The zero-order valence-corrected chi connectivity index (χ0v) is 8.35. The summed E-state index contributed by atoms with van der Waals surface area (Å²) in [4.78, 5) is 0. The maximum absolute atomic E-state index is 13.1. The van der Waals surface area contributed by atoms with E-state index in [1.165, 1.54) is 0 Å². The fourth-order valence-electron chi connectivity index (χ4n) is 1.47. The Morgan fingerprint density at radius 1 is 0.737 bits per heavy atom. The molecule has 0 radical (unpaired) electrons. The maximum Gasteiger partial charge on any atom is 0.407 e. The van der Waals surface area contributed by atoms with Crippen LogP contribution >= 0.6 is 0 Å². The number of hydrogen-bond acceptors (Lipinski definition) is 1. The van der Waals surface area contributed by atoms with E-state index in [1.807, 2.05) is 0 Å². The predicted octanol–water partition coefficient (Wildman–Crippen LogP) is 4.15. The highest BCUT2D eigenvalue weighted by atomic mass is 19.3. The van der Waals surface area contributed by atoms with Gasteiger partial charge in [0.2, 0.25) is 5.83 Å². The molecule has 0 aliphatic carbocycles. The molecule has 0 saturated carbocycles. The fourth-order valence-corrected chi connectivity index (χ4v) is 1.47. The zero-order valence-electron chi connectivity index (χ0n) is 8.35. The van der Waals surface area contributed by atoms with Crippen molar-refractivity contribution in [3.05, 3.63) is 34.7 Å². The van der Waals surface area contributed by atoms with E-state index < -0.39 is 57.3 Å². The summed E-state index contributed by atoms with van der Waals surface area (Å²) in [5, 5.41) is -2.01. The second-order valence-corrected chi connectivity index (χ2v) is 3.43. The van der Waals surface area contributed by atoms with Gasteiger partial charge in [-0.15, -0.1) is 5.12 Å². The fraction of sp³-hybridized carbons (Fsp3) is 0.111. The van der Waals surface area contributed by atoms with Crippen LogP contribution < -0.4 is 5.12 Å². The Morgan fingerprint density at radius 3 is 1.74 bits per heavy atom. The molecule has 0 atom stereocenters. The lowest BCUT2D eigenvalue weighted by Gasteiger charge is -2.29. The maximum atomic E-state index is 13.1. The van der Waals surface area contributed by atoms with Gasteiger partial charge in [-0.1, -0.05) is 4.48 Å². The molecule has 1 nitrogen and oxygen atoms in total. The molecule has 0 unspecified atom stereocenters. The van der Waals surface area contributed by atoms with Crippen LogP contribution in [0.1, 0.15) is 5.56 Å². The van der Waals surface area contributed by atoms with Crippen molar-refractivity contribution in [2.45, 2.75) is 6.05 Å². The molecule has 1 heterocycles. The minimum absolute atomic E-state index is 2.01. The summed E-state index contributed by atoms with van der Waals surface area (Å²) in [6.07, 6.45) is 0. The van der Waals surface area contributed by atoms with Crippen LogP contribution in [0.4, 0.5) is 45.3 Å². The Bertz CT molecular complexity index is 606. The Morgan fingerprint density at radius 2 is 1.21 bits per heavy atom. The van der Waals surface area contributed by atoms with Gasteiger partial charge in [0.15, 0.2) is 29.1 Å². The molecule has 1 aromatic carbocycles. The van der Waals surface area contributed by atoms with E-state index in [4.69, 9.17) is 0 Å². The minimum atomic E-state index is -5.31. The Balaban J connectivity index is 2.96. The van der Waals surface area contributed by atoms with Gasteiger partial charge in [-0.2, -0.15) is 13.2 Å².